The molecule has 4 heteroatoms. The molecule has 0 aliphatic rings. The normalized spacial score (nSPS) is 10.6. The minimum Gasteiger partial charge on any atom is -0.508 e. The molecular formula is C18H16N2O2. The van der Waals surface area contributed by atoms with Gasteiger partial charge in [-0.25, -0.2) is 0 Å². The van der Waals surface area contributed by atoms with Crippen molar-refractivity contribution in [3.05, 3.63) is 71.4 Å². The molecule has 0 bridgehead atoms. The van der Waals surface area contributed by atoms with E-state index in [0.29, 0.717) is 17.8 Å². The largest absolute Gasteiger partial charge is 0.508 e. The number of hydrogen-bond acceptors (Lipinski definition) is 3. The lowest BCUT2D eigenvalue weighted by atomic mass is 10.0. The molecule has 2 aromatic carbocycles. The van der Waals surface area contributed by atoms with Gasteiger partial charge in [-0.1, -0.05) is 42.0 Å². The van der Waals surface area contributed by atoms with Crippen LogP contribution in [0.4, 0.5) is 0 Å². The topological polar surface area (TPSA) is 66.0 Å². The Labute approximate surface area is 128 Å². The van der Waals surface area contributed by atoms with Crippen molar-refractivity contribution in [3.8, 4) is 17.0 Å². The number of phenolic OH excluding ortho intramolecular Hbond substituents is 1. The van der Waals surface area contributed by atoms with E-state index >= 15 is 0 Å². The molecule has 0 saturated heterocycles. The highest BCUT2D eigenvalue weighted by Crippen LogP contribution is 2.22. The van der Waals surface area contributed by atoms with Gasteiger partial charge < -0.3 is 5.11 Å². The third-order valence-electron chi connectivity index (χ3n) is 3.51. The molecular weight excluding hydrogens is 276 g/mol. The number of nitrogens with one attached hydrogen (secondary N) is 1. The summed E-state index contributed by atoms with van der Waals surface area (Å²) in [6, 6.07) is 16.4. The van der Waals surface area contributed by atoms with E-state index < -0.39 is 0 Å². The number of aromatic amines is 1. The maximum Gasteiger partial charge on any atom is 0.184 e. The fourth-order valence-corrected chi connectivity index (χ4v) is 2.26. The Kier molecular flexibility index (Phi) is 3.74. The first-order valence-corrected chi connectivity index (χ1v) is 7.05. The summed E-state index contributed by atoms with van der Waals surface area (Å²) in [5.41, 5.74) is 4.03. The number of H-pyrrole nitrogens is 1. The zero-order valence-corrected chi connectivity index (χ0v) is 12.2. The van der Waals surface area contributed by atoms with E-state index in [1.165, 1.54) is 5.56 Å². The number of aromatic nitrogens is 2. The summed E-state index contributed by atoms with van der Waals surface area (Å²) in [7, 11) is 0. The average Bonchev–Trinajstić information content (AvgIpc) is 3.00. The van der Waals surface area contributed by atoms with Gasteiger partial charge in [0.1, 0.15) is 11.4 Å². The molecule has 22 heavy (non-hydrogen) atoms. The molecule has 2 N–H and O–H groups in total. The Bertz CT molecular complexity index is 804. The molecule has 0 amide bonds. The third-order valence-corrected chi connectivity index (χ3v) is 3.51. The molecule has 1 heterocycles. The summed E-state index contributed by atoms with van der Waals surface area (Å²) in [4.78, 5) is 12.3. The van der Waals surface area contributed by atoms with Gasteiger partial charge in [0, 0.05) is 12.0 Å². The van der Waals surface area contributed by atoms with Gasteiger partial charge in [0.2, 0.25) is 0 Å². The monoisotopic (exact) mass is 292 g/mol. The van der Waals surface area contributed by atoms with Gasteiger partial charge in [-0.15, -0.1) is 0 Å². The molecule has 3 aromatic rings. The molecule has 110 valence electrons. The van der Waals surface area contributed by atoms with Gasteiger partial charge in [0.15, 0.2) is 5.78 Å². The van der Waals surface area contributed by atoms with Crippen LogP contribution in [0.5, 0.6) is 5.75 Å². The molecule has 0 atom stereocenters. The molecule has 0 saturated carbocycles. The van der Waals surface area contributed by atoms with Crippen LogP contribution in [0.1, 0.15) is 21.6 Å². The van der Waals surface area contributed by atoms with Crippen LogP contribution in [0.3, 0.4) is 0 Å². The van der Waals surface area contributed by atoms with Crippen molar-refractivity contribution in [1.29, 1.82) is 0 Å². The summed E-state index contributed by atoms with van der Waals surface area (Å²) < 4.78 is 0. The summed E-state index contributed by atoms with van der Waals surface area (Å²) in [5.74, 6) is 0.163. The number of aryl methyl sites for hydroxylation is 1. The zero-order valence-electron chi connectivity index (χ0n) is 12.2. The summed E-state index contributed by atoms with van der Waals surface area (Å²) in [6.07, 6.45) is 0.335. The highest BCUT2D eigenvalue weighted by molar-refractivity contribution is 5.96. The summed E-state index contributed by atoms with van der Waals surface area (Å²) in [5, 5.41) is 16.4. The number of carbonyl (C=O) groups excluding carboxylic acids is 1. The number of benzene rings is 2. The van der Waals surface area contributed by atoms with Gasteiger partial charge in [0.25, 0.3) is 0 Å². The number of phenols is 1. The summed E-state index contributed by atoms with van der Waals surface area (Å²) >= 11 is 0. The van der Waals surface area contributed by atoms with Crippen LogP contribution in [0, 0.1) is 6.92 Å². The first kappa shape index (κ1) is 14.1. The van der Waals surface area contributed by atoms with Crippen LogP contribution in [0.25, 0.3) is 11.3 Å². The van der Waals surface area contributed by atoms with Crippen LogP contribution in [0.2, 0.25) is 0 Å². The molecule has 4 nitrogen and oxygen atoms in total. The van der Waals surface area contributed by atoms with Gasteiger partial charge >= 0.3 is 0 Å². The molecule has 3 rings (SSSR count). The van der Waals surface area contributed by atoms with Crippen LogP contribution in [-0.2, 0) is 6.42 Å². The fraction of sp³-hybridized carbons (Fsp3) is 0.111. The standard InChI is InChI=1S/C18H16N2O2/c1-12-5-7-13(8-6-12)9-18(22)17-11-16(19-20-17)14-3-2-4-15(21)10-14/h2-8,10-11,21H,9H2,1H3,(H,19,20). The number of hydrogen-bond donors (Lipinski definition) is 2. The fourth-order valence-electron chi connectivity index (χ4n) is 2.26. The average molecular weight is 292 g/mol. The zero-order chi connectivity index (χ0) is 15.5. The number of ketones is 1. The second kappa shape index (κ2) is 5.85. The van der Waals surface area contributed by atoms with Gasteiger partial charge in [-0.05, 0) is 30.7 Å². The van der Waals surface area contributed by atoms with Crippen LogP contribution < -0.4 is 0 Å². The maximum absolute atomic E-state index is 12.3. The van der Waals surface area contributed by atoms with E-state index in [0.717, 1.165) is 11.1 Å². The number of rotatable bonds is 4. The molecule has 0 unspecified atom stereocenters. The quantitative estimate of drug-likeness (QED) is 0.723. The predicted molar refractivity (Wildman–Crippen MR) is 84.9 cm³/mol. The van der Waals surface area contributed by atoms with Crippen molar-refractivity contribution < 1.29 is 9.90 Å². The Morgan fingerprint density at radius 3 is 2.64 bits per heavy atom. The lowest BCUT2D eigenvalue weighted by Crippen LogP contribution is -2.03. The van der Waals surface area contributed by atoms with E-state index in [1.54, 1.807) is 24.3 Å². The van der Waals surface area contributed by atoms with Crippen molar-refractivity contribution in [2.45, 2.75) is 13.3 Å². The lowest BCUT2D eigenvalue weighted by Gasteiger charge is -2.00. The number of aromatic hydroxyl groups is 1. The van der Waals surface area contributed by atoms with E-state index in [1.807, 2.05) is 37.3 Å². The van der Waals surface area contributed by atoms with Crippen LogP contribution in [0.15, 0.2) is 54.6 Å². The van der Waals surface area contributed by atoms with Crippen LogP contribution >= 0.6 is 0 Å². The minimum absolute atomic E-state index is 0.0113. The van der Waals surface area contributed by atoms with Crippen molar-refractivity contribution in [2.24, 2.45) is 0 Å². The molecule has 0 aliphatic heterocycles. The number of carbonyl (C=O) groups is 1. The van der Waals surface area contributed by atoms with Gasteiger partial charge in [0.05, 0.1) is 5.69 Å². The highest BCUT2D eigenvalue weighted by Gasteiger charge is 2.12. The van der Waals surface area contributed by atoms with Gasteiger partial charge in [-0.2, -0.15) is 5.10 Å². The van der Waals surface area contributed by atoms with E-state index in [9.17, 15) is 9.90 Å². The van der Waals surface area contributed by atoms with Crippen molar-refractivity contribution in [1.82, 2.24) is 10.2 Å². The minimum atomic E-state index is -0.0113. The Balaban J connectivity index is 1.78. The van der Waals surface area contributed by atoms with Crippen LogP contribution in [-0.4, -0.2) is 21.1 Å². The van der Waals surface area contributed by atoms with Crippen molar-refractivity contribution >= 4 is 5.78 Å². The van der Waals surface area contributed by atoms with E-state index in [2.05, 4.69) is 10.2 Å². The van der Waals surface area contributed by atoms with Gasteiger partial charge in [-0.3, -0.25) is 9.89 Å². The second-order valence-corrected chi connectivity index (χ2v) is 5.30. The predicted octanol–water partition coefficient (Wildman–Crippen LogP) is 3.52. The smallest absolute Gasteiger partial charge is 0.184 e. The lowest BCUT2D eigenvalue weighted by molar-refractivity contribution is 0.0988. The maximum atomic E-state index is 12.3. The number of Topliss-reactive ketones (excluding diaryl/α,β-unsaturated/α-hetero) is 1. The Hall–Kier alpha value is -2.88. The third kappa shape index (κ3) is 3.06. The Morgan fingerprint density at radius 1 is 1.14 bits per heavy atom. The SMILES string of the molecule is Cc1ccc(CC(=O)c2cc(-c3cccc(O)c3)n[nH]2)cc1. The first-order chi connectivity index (χ1) is 10.6. The van der Waals surface area contributed by atoms with E-state index in [4.69, 9.17) is 0 Å². The Morgan fingerprint density at radius 2 is 1.91 bits per heavy atom. The first-order valence-electron chi connectivity index (χ1n) is 7.05. The molecule has 0 fully saturated rings. The summed E-state index contributed by atoms with van der Waals surface area (Å²) in [6.45, 7) is 2.02. The second-order valence-electron chi connectivity index (χ2n) is 5.30. The molecule has 0 aliphatic carbocycles. The molecule has 0 spiro atoms. The highest BCUT2D eigenvalue weighted by atomic mass is 16.3. The number of nitrogens with zero attached hydrogens (tertiary/aromatic N) is 1. The van der Waals surface area contributed by atoms with E-state index in [-0.39, 0.29) is 11.5 Å². The van der Waals surface area contributed by atoms with Crippen molar-refractivity contribution in [2.75, 3.05) is 0 Å². The van der Waals surface area contributed by atoms with Crippen molar-refractivity contribution in [3.63, 3.8) is 0 Å². The molecule has 1 aromatic heterocycles. The molecule has 0 radical (unpaired) electrons.